The van der Waals surface area contributed by atoms with Gasteiger partial charge in [0.1, 0.15) is 5.75 Å². The Labute approximate surface area is 149 Å². The minimum Gasteiger partial charge on any atom is -0.490 e. The molecule has 1 aromatic carbocycles. The van der Waals surface area contributed by atoms with Gasteiger partial charge in [-0.25, -0.2) is 0 Å². The molecule has 3 N–H and O–H groups in total. The summed E-state index contributed by atoms with van der Waals surface area (Å²) in [6, 6.07) is 3.60. The summed E-state index contributed by atoms with van der Waals surface area (Å²) in [5.74, 6) is 0.285. The molecule has 134 valence electrons. The van der Waals surface area contributed by atoms with Gasteiger partial charge in [-0.1, -0.05) is 18.0 Å². The number of hydrogen-bond donors (Lipinski definition) is 2. The molecule has 1 aromatic rings. The molecule has 1 saturated heterocycles. The predicted molar refractivity (Wildman–Crippen MR) is 98.8 cm³/mol. The second-order valence-electron chi connectivity index (χ2n) is 6.84. The minimum absolute atomic E-state index is 0.0472. The van der Waals surface area contributed by atoms with Gasteiger partial charge in [0.25, 0.3) is 5.91 Å². The van der Waals surface area contributed by atoms with Crippen LogP contribution in [-0.4, -0.2) is 42.6 Å². The highest BCUT2D eigenvalue weighted by molar-refractivity contribution is 6.33. The van der Waals surface area contributed by atoms with Crippen molar-refractivity contribution in [3.63, 3.8) is 0 Å². The average molecular weight is 354 g/mol. The van der Waals surface area contributed by atoms with Gasteiger partial charge < -0.3 is 20.7 Å². The molecule has 1 aliphatic heterocycles. The molecular formula is C18H28ClN3O2. The lowest BCUT2D eigenvalue weighted by Crippen LogP contribution is -2.50. The molecule has 1 amide bonds. The second kappa shape index (κ2) is 8.08. The zero-order chi connectivity index (χ0) is 17.9. The third kappa shape index (κ3) is 4.54. The van der Waals surface area contributed by atoms with Crippen molar-refractivity contribution in [3.8, 4) is 5.75 Å². The molecule has 1 heterocycles. The predicted octanol–water partition coefficient (Wildman–Crippen LogP) is 3.31. The lowest BCUT2D eigenvalue weighted by Gasteiger charge is -2.36. The van der Waals surface area contributed by atoms with Gasteiger partial charge in [0.2, 0.25) is 0 Å². The number of nitrogen functional groups attached to an aromatic ring is 1. The molecule has 1 aliphatic rings. The third-order valence-corrected chi connectivity index (χ3v) is 4.80. The Kier molecular flexibility index (Phi) is 6.35. The highest BCUT2D eigenvalue weighted by atomic mass is 35.5. The molecule has 0 aliphatic carbocycles. The number of nitrogens with zero attached hydrogens (tertiary/aromatic N) is 1. The molecule has 0 aromatic heterocycles. The number of benzene rings is 1. The van der Waals surface area contributed by atoms with Gasteiger partial charge >= 0.3 is 0 Å². The van der Waals surface area contributed by atoms with Gasteiger partial charge in [-0.15, -0.1) is 0 Å². The largest absolute Gasteiger partial charge is 0.490 e. The minimum atomic E-state index is -0.181. The summed E-state index contributed by atoms with van der Waals surface area (Å²) in [6.45, 7) is 6.94. The number of rotatable bonds is 5. The van der Waals surface area contributed by atoms with E-state index in [1.54, 1.807) is 12.1 Å². The number of carbonyl (C=O) groups excluding carboxylic acids is 1. The summed E-state index contributed by atoms with van der Waals surface area (Å²) in [5, 5.41) is 3.46. The normalized spacial score (nSPS) is 20.0. The number of halogens is 1. The van der Waals surface area contributed by atoms with Gasteiger partial charge in [0.05, 0.1) is 22.4 Å². The Bertz CT molecular complexity index is 592. The maximum absolute atomic E-state index is 12.8. The maximum Gasteiger partial charge on any atom is 0.255 e. The van der Waals surface area contributed by atoms with E-state index in [9.17, 15) is 4.79 Å². The first kappa shape index (κ1) is 18.9. The fourth-order valence-electron chi connectivity index (χ4n) is 3.21. The monoisotopic (exact) mass is 353 g/mol. The van der Waals surface area contributed by atoms with Crippen LogP contribution in [0.5, 0.6) is 5.75 Å². The average Bonchev–Trinajstić information content (AvgIpc) is 2.50. The zero-order valence-electron chi connectivity index (χ0n) is 14.9. The molecule has 6 heteroatoms. The molecule has 0 saturated carbocycles. The fraction of sp³-hybridized carbons (Fsp3) is 0.611. The Morgan fingerprint density at radius 1 is 1.38 bits per heavy atom. The van der Waals surface area contributed by atoms with Crippen molar-refractivity contribution in [3.05, 3.63) is 22.7 Å². The van der Waals surface area contributed by atoms with Crippen LogP contribution in [0.2, 0.25) is 5.02 Å². The van der Waals surface area contributed by atoms with Crippen LogP contribution in [-0.2, 0) is 0 Å². The van der Waals surface area contributed by atoms with Crippen molar-refractivity contribution in [2.24, 2.45) is 0 Å². The van der Waals surface area contributed by atoms with Gasteiger partial charge in [-0.3, -0.25) is 4.79 Å². The molecule has 0 radical (unpaired) electrons. The van der Waals surface area contributed by atoms with Gasteiger partial charge in [0, 0.05) is 18.2 Å². The topological polar surface area (TPSA) is 67.6 Å². The molecule has 24 heavy (non-hydrogen) atoms. The number of amides is 1. The highest BCUT2D eigenvalue weighted by Gasteiger charge is 2.27. The Balaban J connectivity index is 2.17. The number of likely N-dealkylation sites (N-methyl/N-ethyl adjacent to an activating group) is 1. The van der Waals surface area contributed by atoms with Crippen molar-refractivity contribution in [1.82, 2.24) is 10.2 Å². The van der Waals surface area contributed by atoms with Gasteiger partial charge in [-0.05, 0) is 53.3 Å². The molecule has 0 bridgehead atoms. The van der Waals surface area contributed by atoms with E-state index in [-0.39, 0.29) is 18.1 Å². The van der Waals surface area contributed by atoms with Crippen LogP contribution >= 0.6 is 11.6 Å². The number of hydrogen-bond acceptors (Lipinski definition) is 4. The lowest BCUT2D eigenvalue weighted by molar-refractivity contribution is 0.0879. The summed E-state index contributed by atoms with van der Waals surface area (Å²) in [7, 11) is 2.11. The number of likely N-dealkylation sites (tertiary alicyclic amines) is 1. The quantitative estimate of drug-likeness (QED) is 0.797. The number of nitrogens with one attached hydrogen (secondary N) is 1. The molecule has 0 spiro atoms. The smallest absolute Gasteiger partial charge is 0.255 e. The van der Waals surface area contributed by atoms with E-state index in [0.717, 1.165) is 13.0 Å². The lowest BCUT2D eigenvalue weighted by atomic mass is 9.97. The third-order valence-electron chi connectivity index (χ3n) is 4.47. The number of nitrogens with two attached hydrogens (primary N) is 1. The van der Waals surface area contributed by atoms with Crippen molar-refractivity contribution in [2.75, 3.05) is 19.3 Å². The molecular weight excluding hydrogens is 326 g/mol. The van der Waals surface area contributed by atoms with E-state index >= 15 is 0 Å². The SMILES string of the molecule is CC(C)Oc1cc(N)c(Cl)cc1C(=O)NC(C)C1CCCCN1C. The standard InChI is InChI=1S/C18H28ClN3O2/c1-11(2)24-17-10-15(20)14(19)9-13(17)18(23)21-12(3)16-7-5-6-8-22(16)4/h9-12,16H,5-8,20H2,1-4H3,(H,21,23). The van der Waals surface area contributed by atoms with Crippen LogP contribution in [0.25, 0.3) is 0 Å². The van der Waals surface area contributed by atoms with Gasteiger partial charge in [0.15, 0.2) is 0 Å². The van der Waals surface area contributed by atoms with Gasteiger partial charge in [-0.2, -0.15) is 0 Å². The molecule has 2 unspecified atom stereocenters. The van der Waals surface area contributed by atoms with E-state index in [2.05, 4.69) is 17.3 Å². The number of carbonyl (C=O) groups is 1. The first-order valence-corrected chi connectivity index (χ1v) is 8.94. The summed E-state index contributed by atoms with van der Waals surface area (Å²) in [6.07, 6.45) is 3.45. The first-order chi connectivity index (χ1) is 11.3. The number of piperidine rings is 1. The van der Waals surface area contributed by atoms with Crippen molar-refractivity contribution in [2.45, 2.75) is 58.2 Å². The zero-order valence-corrected chi connectivity index (χ0v) is 15.7. The first-order valence-electron chi connectivity index (χ1n) is 8.56. The number of anilines is 1. The van der Waals surface area contributed by atoms with E-state index in [1.165, 1.54) is 12.8 Å². The Hall–Kier alpha value is -1.46. The Morgan fingerprint density at radius 2 is 2.08 bits per heavy atom. The van der Waals surface area contributed by atoms with Crippen molar-refractivity contribution < 1.29 is 9.53 Å². The van der Waals surface area contributed by atoms with Crippen LogP contribution in [0, 0.1) is 0 Å². The van der Waals surface area contributed by atoms with Crippen LogP contribution in [0.4, 0.5) is 5.69 Å². The summed E-state index contributed by atoms with van der Waals surface area (Å²) >= 11 is 6.11. The molecule has 2 rings (SSSR count). The number of ether oxygens (including phenoxy) is 1. The summed E-state index contributed by atoms with van der Waals surface area (Å²) in [5.41, 5.74) is 6.68. The summed E-state index contributed by atoms with van der Waals surface area (Å²) < 4.78 is 5.74. The second-order valence-corrected chi connectivity index (χ2v) is 7.25. The molecule has 2 atom stereocenters. The summed E-state index contributed by atoms with van der Waals surface area (Å²) in [4.78, 5) is 15.1. The van der Waals surface area contributed by atoms with Crippen LogP contribution in [0.1, 0.15) is 50.4 Å². The van der Waals surface area contributed by atoms with E-state index in [4.69, 9.17) is 22.1 Å². The highest BCUT2D eigenvalue weighted by Crippen LogP contribution is 2.30. The van der Waals surface area contributed by atoms with Crippen LogP contribution in [0.3, 0.4) is 0 Å². The Morgan fingerprint density at radius 3 is 2.71 bits per heavy atom. The van der Waals surface area contributed by atoms with E-state index < -0.39 is 0 Å². The van der Waals surface area contributed by atoms with Crippen molar-refractivity contribution >= 4 is 23.2 Å². The van der Waals surface area contributed by atoms with Crippen LogP contribution < -0.4 is 15.8 Å². The maximum atomic E-state index is 12.8. The van der Waals surface area contributed by atoms with E-state index in [1.807, 2.05) is 20.8 Å². The van der Waals surface area contributed by atoms with E-state index in [0.29, 0.717) is 28.1 Å². The van der Waals surface area contributed by atoms with Crippen molar-refractivity contribution in [1.29, 1.82) is 0 Å². The fourth-order valence-corrected chi connectivity index (χ4v) is 3.37. The molecule has 1 fully saturated rings. The van der Waals surface area contributed by atoms with Crippen LogP contribution in [0.15, 0.2) is 12.1 Å². The molecule has 5 nitrogen and oxygen atoms in total.